The van der Waals surface area contributed by atoms with Crippen LogP contribution in [0.15, 0.2) is 30.3 Å². The van der Waals surface area contributed by atoms with Crippen LogP contribution in [0.3, 0.4) is 0 Å². The van der Waals surface area contributed by atoms with Gasteiger partial charge in [-0.15, -0.1) is 0 Å². The molecule has 0 spiro atoms. The summed E-state index contributed by atoms with van der Waals surface area (Å²) in [5.74, 6) is 1.96. The van der Waals surface area contributed by atoms with E-state index in [1.165, 1.54) is 24.1 Å². The van der Waals surface area contributed by atoms with E-state index >= 15 is 0 Å². The maximum absolute atomic E-state index is 11.4. The van der Waals surface area contributed by atoms with E-state index in [-0.39, 0.29) is 11.5 Å². The van der Waals surface area contributed by atoms with Crippen LogP contribution in [-0.2, 0) is 13.0 Å². The highest BCUT2D eigenvalue weighted by molar-refractivity contribution is 5.96. The second-order valence-electron chi connectivity index (χ2n) is 7.29. The number of aromatic hydroxyl groups is 1. The largest absolute Gasteiger partial charge is 0.507 e. The first-order valence-corrected chi connectivity index (χ1v) is 9.94. The van der Waals surface area contributed by atoms with Crippen LogP contribution in [0.25, 0.3) is 0 Å². The van der Waals surface area contributed by atoms with Crippen molar-refractivity contribution in [1.29, 1.82) is 0 Å². The van der Waals surface area contributed by atoms with Gasteiger partial charge < -0.3 is 19.3 Å². The molecule has 0 aromatic heterocycles. The number of carbonyl (C=O) groups excluding carboxylic acids is 1. The first-order valence-electron chi connectivity index (χ1n) is 9.94. The lowest BCUT2D eigenvalue weighted by Crippen LogP contribution is -2.31. The van der Waals surface area contributed by atoms with Crippen molar-refractivity contribution in [2.45, 2.75) is 32.7 Å². The van der Waals surface area contributed by atoms with E-state index in [1.54, 1.807) is 26.4 Å². The summed E-state index contributed by atoms with van der Waals surface area (Å²) in [7, 11) is 3.33. The van der Waals surface area contributed by atoms with Crippen molar-refractivity contribution < 1.29 is 24.1 Å². The van der Waals surface area contributed by atoms with Gasteiger partial charge in [0.15, 0.2) is 17.3 Å². The standard InChI is InChI=1S/C23H29NO5/c1-16(25)20-7-6-19(14-21(20)26)29-11-5-4-9-24-10-8-17-12-22(27-2)23(28-3)13-18(17)15-24/h6-7,12-14,26H,4-5,8-11,15H2,1-3H3. The second-order valence-corrected chi connectivity index (χ2v) is 7.29. The number of ether oxygens (including phenoxy) is 3. The molecule has 3 rings (SSSR count). The van der Waals surface area contributed by atoms with Gasteiger partial charge >= 0.3 is 0 Å². The summed E-state index contributed by atoms with van der Waals surface area (Å²) in [4.78, 5) is 13.8. The monoisotopic (exact) mass is 399 g/mol. The quantitative estimate of drug-likeness (QED) is 0.511. The molecule has 29 heavy (non-hydrogen) atoms. The number of rotatable bonds is 9. The number of phenols is 1. The van der Waals surface area contributed by atoms with Gasteiger partial charge in [-0.25, -0.2) is 0 Å². The first kappa shape index (κ1) is 21.0. The number of fused-ring (bicyclic) bond motifs is 1. The number of unbranched alkanes of at least 4 members (excludes halogenated alkanes) is 1. The van der Waals surface area contributed by atoms with E-state index in [2.05, 4.69) is 17.0 Å². The Balaban J connectivity index is 1.44. The van der Waals surface area contributed by atoms with Gasteiger partial charge in [-0.2, -0.15) is 0 Å². The van der Waals surface area contributed by atoms with Gasteiger partial charge in [-0.3, -0.25) is 9.69 Å². The molecule has 156 valence electrons. The normalized spacial score (nSPS) is 13.6. The van der Waals surface area contributed by atoms with Crippen molar-refractivity contribution >= 4 is 5.78 Å². The Morgan fingerprint density at radius 2 is 1.79 bits per heavy atom. The molecule has 0 radical (unpaired) electrons. The lowest BCUT2D eigenvalue weighted by Gasteiger charge is -2.29. The van der Waals surface area contributed by atoms with E-state index in [9.17, 15) is 9.90 Å². The molecule has 0 amide bonds. The van der Waals surface area contributed by atoms with E-state index < -0.39 is 0 Å². The first-order chi connectivity index (χ1) is 14.0. The molecular formula is C23H29NO5. The molecule has 1 N–H and O–H groups in total. The minimum Gasteiger partial charge on any atom is -0.507 e. The maximum atomic E-state index is 11.4. The smallest absolute Gasteiger partial charge is 0.163 e. The molecule has 1 aliphatic heterocycles. The molecule has 0 bridgehead atoms. The van der Waals surface area contributed by atoms with Crippen molar-refractivity contribution in [1.82, 2.24) is 4.90 Å². The third-order valence-corrected chi connectivity index (χ3v) is 5.28. The fourth-order valence-corrected chi connectivity index (χ4v) is 3.66. The molecule has 0 aliphatic carbocycles. The Bertz CT molecular complexity index is 865. The van der Waals surface area contributed by atoms with Crippen LogP contribution in [0.4, 0.5) is 0 Å². The summed E-state index contributed by atoms with van der Waals surface area (Å²) in [6.07, 6.45) is 2.96. The third-order valence-electron chi connectivity index (χ3n) is 5.28. The fraction of sp³-hybridized carbons (Fsp3) is 0.435. The minimum atomic E-state index is -0.159. The molecule has 2 aromatic carbocycles. The van der Waals surface area contributed by atoms with Crippen molar-refractivity contribution in [2.24, 2.45) is 0 Å². The molecule has 6 heteroatoms. The Morgan fingerprint density at radius 3 is 2.45 bits per heavy atom. The predicted molar refractivity (Wildman–Crippen MR) is 111 cm³/mol. The van der Waals surface area contributed by atoms with Crippen LogP contribution in [0.5, 0.6) is 23.0 Å². The molecule has 0 atom stereocenters. The summed E-state index contributed by atoms with van der Waals surface area (Å²) in [6.45, 7) is 4.96. The molecule has 6 nitrogen and oxygen atoms in total. The van der Waals surface area contributed by atoms with Gasteiger partial charge in [0.2, 0.25) is 0 Å². The number of hydrogen-bond donors (Lipinski definition) is 1. The molecule has 0 saturated carbocycles. The Labute approximate surface area is 172 Å². The van der Waals surface area contributed by atoms with Gasteiger partial charge in [0.1, 0.15) is 11.5 Å². The van der Waals surface area contributed by atoms with Gasteiger partial charge in [0.25, 0.3) is 0 Å². The number of methoxy groups -OCH3 is 2. The molecule has 0 unspecified atom stereocenters. The summed E-state index contributed by atoms with van der Waals surface area (Å²) in [5.41, 5.74) is 2.94. The number of carbonyl (C=O) groups is 1. The molecule has 1 aliphatic rings. The van der Waals surface area contributed by atoms with Crippen molar-refractivity contribution in [3.05, 3.63) is 47.0 Å². The summed E-state index contributed by atoms with van der Waals surface area (Å²) < 4.78 is 16.5. The fourth-order valence-electron chi connectivity index (χ4n) is 3.66. The Morgan fingerprint density at radius 1 is 1.07 bits per heavy atom. The number of benzene rings is 2. The summed E-state index contributed by atoms with van der Waals surface area (Å²) in [5, 5.41) is 9.86. The van der Waals surface area contributed by atoms with Crippen LogP contribution >= 0.6 is 0 Å². The number of phenolic OH excluding ortho intramolecular Hbond substituents is 1. The molecule has 1 heterocycles. The van der Waals surface area contributed by atoms with Gasteiger partial charge in [0.05, 0.1) is 26.4 Å². The third kappa shape index (κ3) is 5.21. The van der Waals surface area contributed by atoms with Crippen LogP contribution in [-0.4, -0.2) is 49.7 Å². The second kappa shape index (κ2) is 9.65. The summed E-state index contributed by atoms with van der Waals surface area (Å²) >= 11 is 0. The molecular weight excluding hydrogens is 370 g/mol. The van der Waals surface area contributed by atoms with Gasteiger partial charge in [0, 0.05) is 19.2 Å². The van der Waals surface area contributed by atoms with Crippen molar-refractivity contribution in [3.63, 3.8) is 0 Å². The molecule has 2 aromatic rings. The number of nitrogens with zero attached hydrogens (tertiary/aromatic N) is 1. The van der Waals surface area contributed by atoms with E-state index in [0.29, 0.717) is 17.9 Å². The van der Waals surface area contributed by atoms with Crippen LogP contribution in [0, 0.1) is 0 Å². The highest BCUT2D eigenvalue weighted by Gasteiger charge is 2.19. The van der Waals surface area contributed by atoms with Gasteiger partial charge in [-0.1, -0.05) is 0 Å². The van der Waals surface area contributed by atoms with Crippen molar-refractivity contribution in [2.75, 3.05) is 33.9 Å². The molecule has 0 saturated heterocycles. The van der Waals surface area contributed by atoms with E-state index in [0.717, 1.165) is 50.4 Å². The number of ketones is 1. The maximum Gasteiger partial charge on any atom is 0.163 e. The van der Waals surface area contributed by atoms with Gasteiger partial charge in [-0.05, 0) is 68.1 Å². The Kier molecular flexibility index (Phi) is 6.99. The number of hydrogen-bond acceptors (Lipinski definition) is 6. The Hall–Kier alpha value is -2.73. The zero-order valence-corrected chi connectivity index (χ0v) is 17.4. The predicted octanol–water partition coefficient (Wildman–Crippen LogP) is 3.83. The number of Topliss-reactive ketones (excluding diaryl/α,β-unsaturated/α-hetero) is 1. The lowest BCUT2D eigenvalue weighted by atomic mass is 9.98. The highest BCUT2D eigenvalue weighted by atomic mass is 16.5. The lowest BCUT2D eigenvalue weighted by molar-refractivity contribution is 0.101. The van der Waals surface area contributed by atoms with Crippen LogP contribution in [0.2, 0.25) is 0 Å². The van der Waals surface area contributed by atoms with Crippen molar-refractivity contribution in [3.8, 4) is 23.0 Å². The van der Waals surface area contributed by atoms with E-state index in [4.69, 9.17) is 14.2 Å². The highest BCUT2D eigenvalue weighted by Crippen LogP contribution is 2.33. The van der Waals surface area contributed by atoms with Crippen LogP contribution < -0.4 is 14.2 Å². The van der Waals surface area contributed by atoms with E-state index in [1.807, 2.05) is 0 Å². The average molecular weight is 399 g/mol. The average Bonchev–Trinajstić information content (AvgIpc) is 2.72. The summed E-state index contributed by atoms with van der Waals surface area (Å²) in [6, 6.07) is 8.99. The van der Waals surface area contributed by atoms with Crippen LogP contribution in [0.1, 0.15) is 41.3 Å². The zero-order valence-electron chi connectivity index (χ0n) is 17.4. The zero-order chi connectivity index (χ0) is 20.8. The topological polar surface area (TPSA) is 68.2 Å². The molecule has 0 fully saturated rings. The minimum absolute atomic E-state index is 0.0333. The SMILES string of the molecule is COc1cc2c(cc1OC)CN(CCCCOc1ccc(C(C)=O)c(O)c1)CC2.